The van der Waals surface area contributed by atoms with Crippen molar-refractivity contribution in [2.45, 2.75) is 18.6 Å². The molecule has 0 bridgehead atoms. The van der Waals surface area contributed by atoms with Crippen LogP contribution in [0.25, 0.3) is 0 Å². The van der Waals surface area contributed by atoms with Crippen LogP contribution in [0.4, 0.5) is 0 Å². The maximum absolute atomic E-state index is 10.1. The van der Waals surface area contributed by atoms with E-state index in [0.29, 0.717) is 0 Å². The van der Waals surface area contributed by atoms with Crippen molar-refractivity contribution in [2.24, 2.45) is 4.58 Å². The first-order valence-corrected chi connectivity index (χ1v) is 5.35. The molecule has 1 aliphatic rings. The number of hydrogen-bond donors (Lipinski definition) is 1. The third-order valence-electron chi connectivity index (χ3n) is 2.10. The van der Waals surface area contributed by atoms with E-state index in [9.17, 15) is 4.91 Å². The van der Waals surface area contributed by atoms with E-state index in [2.05, 4.69) is 28.6 Å². The Morgan fingerprint density at radius 3 is 2.62 bits per heavy atom. The standard InChI is InChI=1S/C8H17N3OS/c1-8(2,13-10-12)7-11-5-3-9-4-6-11/h9H,3-7H2,1-2H3. The zero-order valence-corrected chi connectivity index (χ0v) is 9.06. The fourth-order valence-corrected chi connectivity index (χ4v) is 1.98. The van der Waals surface area contributed by atoms with Gasteiger partial charge in [0.25, 0.3) is 0 Å². The number of rotatable bonds is 4. The molecule has 1 fully saturated rings. The summed E-state index contributed by atoms with van der Waals surface area (Å²) in [5, 5.41) is 3.30. The first-order chi connectivity index (χ1) is 6.14. The average molecular weight is 203 g/mol. The predicted octanol–water partition coefficient (Wildman–Crippen LogP) is 1.08. The molecule has 0 amide bonds. The highest BCUT2D eigenvalue weighted by atomic mass is 32.2. The van der Waals surface area contributed by atoms with Gasteiger partial charge in [-0.15, -0.1) is 4.91 Å². The second kappa shape index (κ2) is 4.93. The Hall–Kier alpha value is -0.130. The highest BCUT2D eigenvalue weighted by Crippen LogP contribution is 2.25. The largest absolute Gasteiger partial charge is 0.314 e. The Morgan fingerprint density at radius 1 is 1.46 bits per heavy atom. The van der Waals surface area contributed by atoms with Gasteiger partial charge in [0.05, 0.1) is 0 Å². The fraction of sp³-hybridized carbons (Fsp3) is 1.00. The molecule has 0 spiro atoms. The molecule has 0 saturated carbocycles. The van der Waals surface area contributed by atoms with Gasteiger partial charge in [-0.25, -0.2) is 0 Å². The predicted molar refractivity (Wildman–Crippen MR) is 56.8 cm³/mol. The van der Waals surface area contributed by atoms with Crippen molar-refractivity contribution in [3.63, 3.8) is 0 Å². The number of nitrogens with zero attached hydrogens (tertiary/aromatic N) is 2. The molecule has 0 unspecified atom stereocenters. The van der Waals surface area contributed by atoms with E-state index in [1.807, 2.05) is 0 Å². The summed E-state index contributed by atoms with van der Waals surface area (Å²) in [4.78, 5) is 12.5. The zero-order chi connectivity index (χ0) is 9.73. The van der Waals surface area contributed by atoms with E-state index in [0.717, 1.165) is 44.7 Å². The number of nitrogens with one attached hydrogen (secondary N) is 1. The molecule has 13 heavy (non-hydrogen) atoms. The lowest BCUT2D eigenvalue weighted by Crippen LogP contribution is -2.47. The van der Waals surface area contributed by atoms with E-state index in [-0.39, 0.29) is 4.75 Å². The minimum Gasteiger partial charge on any atom is -0.314 e. The van der Waals surface area contributed by atoms with Crippen LogP contribution in [-0.2, 0) is 0 Å². The maximum Gasteiger partial charge on any atom is 0.0483 e. The molecule has 0 aromatic carbocycles. The summed E-state index contributed by atoms with van der Waals surface area (Å²) < 4.78 is 2.84. The molecule has 1 rings (SSSR count). The highest BCUT2D eigenvalue weighted by molar-refractivity contribution is 7.99. The van der Waals surface area contributed by atoms with Gasteiger partial charge in [0.2, 0.25) is 0 Å². The SMILES string of the molecule is CC(C)(CN1CCNCC1)SN=O. The van der Waals surface area contributed by atoms with Crippen molar-refractivity contribution >= 4 is 11.9 Å². The molecule has 76 valence electrons. The van der Waals surface area contributed by atoms with Crippen molar-refractivity contribution in [2.75, 3.05) is 32.7 Å². The second-order valence-corrected chi connectivity index (χ2v) is 5.39. The number of hydrogen-bond acceptors (Lipinski definition) is 5. The Bertz CT molecular complexity index is 169. The van der Waals surface area contributed by atoms with Crippen LogP contribution in [0, 0.1) is 4.91 Å². The molecule has 5 heteroatoms. The first kappa shape index (κ1) is 10.9. The van der Waals surface area contributed by atoms with Crippen LogP contribution in [0.5, 0.6) is 0 Å². The molecular formula is C8H17N3OS. The highest BCUT2D eigenvalue weighted by Gasteiger charge is 2.24. The van der Waals surface area contributed by atoms with Crippen molar-refractivity contribution in [1.82, 2.24) is 10.2 Å². The van der Waals surface area contributed by atoms with Crippen molar-refractivity contribution in [3.05, 3.63) is 4.91 Å². The summed E-state index contributed by atoms with van der Waals surface area (Å²) in [7, 11) is 0. The van der Waals surface area contributed by atoms with E-state index in [1.165, 1.54) is 0 Å². The van der Waals surface area contributed by atoms with Crippen LogP contribution < -0.4 is 5.32 Å². The molecule has 0 aromatic rings. The molecule has 0 aromatic heterocycles. The van der Waals surface area contributed by atoms with Gasteiger partial charge in [-0.3, -0.25) is 4.90 Å². The van der Waals surface area contributed by atoms with Crippen LogP contribution in [-0.4, -0.2) is 42.4 Å². The summed E-state index contributed by atoms with van der Waals surface area (Å²) in [5.74, 6) is 0. The van der Waals surface area contributed by atoms with Crippen LogP contribution in [0.1, 0.15) is 13.8 Å². The molecule has 0 atom stereocenters. The Kier molecular flexibility index (Phi) is 4.15. The summed E-state index contributed by atoms with van der Waals surface area (Å²) in [6, 6.07) is 0. The van der Waals surface area contributed by atoms with Crippen molar-refractivity contribution in [3.8, 4) is 0 Å². The zero-order valence-electron chi connectivity index (χ0n) is 8.25. The Morgan fingerprint density at radius 2 is 2.08 bits per heavy atom. The number of nitroso groups, excluding NO2 is 1. The summed E-state index contributed by atoms with van der Waals surface area (Å²) in [5.41, 5.74) is 0. The molecule has 1 aliphatic heterocycles. The Balaban J connectivity index is 2.32. The van der Waals surface area contributed by atoms with E-state index in [1.54, 1.807) is 0 Å². The van der Waals surface area contributed by atoms with E-state index in [4.69, 9.17) is 0 Å². The molecule has 4 nitrogen and oxygen atoms in total. The van der Waals surface area contributed by atoms with Crippen LogP contribution >= 0.6 is 11.9 Å². The van der Waals surface area contributed by atoms with Gasteiger partial charge in [0.15, 0.2) is 0 Å². The van der Waals surface area contributed by atoms with Gasteiger partial charge in [-0.2, -0.15) is 0 Å². The topological polar surface area (TPSA) is 44.7 Å². The third-order valence-corrected chi connectivity index (χ3v) is 2.80. The molecule has 0 radical (unpaired) electrons. The quantitative estimate of drug-likeness (QED) is 0.548. The molecule has 1 N–H and O–H groups in total. The molecule has 1 saturated heterocycles. The molecule has 0 aliphatic carbocycles. The minimum atomic E-state index is -0.0565. The van der Waals surface area contributed by atoms with Crippen LogP contribution in [0.2, 0.25) is 0 Å². The van der Waals surface area contributed by atoms with Crippen molar-refractivity contribution < 1.29 is 0 Å². The van der Waals surface area contributed by atoms with E-state index < -0.39 is 0 Å². The lowest BCUT2D eigenvalue weighted by molar-refractivity contribution is 0.226. The fourth-order valence-electron chi connectivity index (χ4n) is 1.54. The normalized spacial score (nSPS) is 20.2. The van der Waals surface area contributed by atoms with Crippen LogP contribution in [0.3, 0.4) is 0 Å². The smallest absolute Gasteiger partial charge is 0.0483 e. The van der Waals surface area contributed by atoms with Gasteiger partial charge >= 0.3 is 0 Å². The first-order valence-electron chi connectivity index (χ1n) is 4.58. The second-order valence-electron chi connectivity index (χ2n) is 3.95. The lowest BCUT2D eigenvalue weighted by Gasteiger charge is -2.32. The van der Waals surface area contributed by atoms with E-state index >= 15 is 0 Å². The number of piperazine rings is 1. The summed E-state index contributed by atoms with van der Waals surface area (Å²) in [6.07, 6.45) is 0. The van der Waals surface area contributed by atoms with Gasteiger partial charge in [0.1, 0.15) is 0 Å². The summed E-state index contributed by atoms with van der Waals surface area (Å²) in [6.45, 7) is 9.30. The third kappa shape index (κ3) is 4.06. The van der Waals surface area contributed by atoms with Gasteiger partial charge in [-0.05, 0) is 13.8 Å². The monoisotopic (exact) mass is 203 g/mol. The average Bonchev–Trinajstić information content (AvgIpc) is 2.04. The molecular weight excluding hydrogens is 186 g/mol. The van der Waals surface area contributed by atoms with Gasteiger partial charge in [-0.1, -0.05) is 0 Å². The summed E-state index contributed by atoms with van der Waals surface area (Å²) >= 11 is 1.13. The maximum atomic E-state index is 10.1. The van der Waals surface area contributed by atoms with Gasteiger partial charge in [0, 0.05) is 54.0 Å². The van der Waals surface area contributed by atoms with Crippen molar-refractivity contribution in [1.29, 1.82) is 0 Å². The van der Waals surface area contributed by atoms with Crippen LogP contribution in [0.15, 0.2) is 4.58 Å². The minimum absolute atomic E-state index is 0.0565. The lowest BCUT2D eigenvalue weighted by atomic mass is 10.2. The van der Waals surface area contributed by atoms with Gasteiger partial charge < -0.3 is 5.32 Å². The molecule has 1 heterocycles. The Labute approximate surface area is 83.6 Å².